The number of nitrogen functional groups attached to an aromatic ring is 1. The van der Waals surface area contributed by atoms with Crippen LogP contribution >= 0.6 is 0 Å². The third-order valence-electron chi connectivity index (χ3n) is 3.93. The van der Waals surface area contributed by atoms with E-state index in [0.717, 1.165) is 18.5 Å². The SMILES string of the molecule is N=C(N)c1cc(F)ccc1CN(CCCO)C1CCC1. The quantitative estimate of drug-likeness (QED) is 0.527. The number of nitrogens with two attached hydrogens (primary N) is 1. The van der Waals surface area contributed by atoms with E-state index in [1.807, 2.05) is 0 Å². The monoisotopic (exact) mass is 279 g/mol. The van der Waals surface area contributed by atoms with Gasteiger partial charge in [0.2, 0.25) is 0 Å². The number of nitrogens with one attached hydrogen (secondary N) is 1. The van der Waals surface area contributed by atoms with Gasteiger partial charge in [0, 0.05) is 31.3 Å². The number of aliphatic hydroxyl groups excluding tert-OH is 1. The van der Waals surface area contributed by atoms with Crippen LogP contribution in [0.5, 0.6) is 0 Å². The van der Waals surface area contributed by atoms with Gasteiger partial charge in [-0.25, -0.2) is 4.39 Å². The molecular formula is C15H22FN3O. The van der Waals surface area contributed by atoms with E-state index in [2.05, 4.69) is 4.90 Å². The zero-order valence-electron chi connectivity index (χ0n) is 11.6. The van der Waals surface area contributed by atoms with Crippen LogP contribution in [-0.2, 0) is 6.54 Å². The fourth-order valence-corrected chi connectivity index (χ4v) is 2.57. The predicted octanol–water partition coefficient (Wildman–Crippen LogP) is 1.85. The van der Waals surface area contributed by atoms with Crippen molar-refractivity contribution in [2.75, 3.05) is 13.2 Å². The minimum absolute atomic E-state index is 0.102. The van der Waals surface area contributed by atoms with Crippen molar-refractivity contribution in [1.29, 1.82) is 5.41 Å². The Morgan fingerprint density at radius 1 is 1.45 bits per heavy atom. The number of amidine groups is 1. The second-order valence-corrected chi connectivity index (χ2v) is 5.35. The summed E-state index contributed by atoms with van der Waals surface area (Å²) in [4.78, 5) is 2.30. The van der Waals surface area contributed by atoms with E-state index in [9.17, 15) is 4.39 Å². The molecule has 0 spiro atoms. The predicted molar refractivity (Wildman–Crippen MR) is 77.2 cm³/mol. The first kappa shape index (κ1) is 14.9. The van der Waals surface area contributed by atoms with Crippen molar-refractivity contribution in [3.05, 3.63) is 35.1 Å². The molecule has 0 atom stereocenters. The lowest BCUT2D eigenvalue weighted by atomic mass is 9.90. The van der Waals surface area contributed by atoms with E-state index in [1.54, 1.807) is 6.07 Å². The van der Waals surface area contributed by atoms with Crippen LogP contribution < -0.4 is 5.73 Å². The Bertz CT molecular complexity index is 474. The molecule has 0 amide bonds. The van der Waals surface area contributed by atoms with E-state index in [1.165, 1.54) is 31.4 Å². The Labute approximate surface area is 118 Å². The molecule has 1 aromatic rings. The number of hydrogen-bond acceptors (Lipinski definition) is 3. The van der Waals surface area contributed by atoms with Crippen LogP contribution in [0.15, 0.2) is 18.2 Å². The molecular weight excluding hydrogens is 257 g/mol. The third-order valence-corrected chi connectivity index (χ3v) is 3.93. The van der Waals surface area contributed by atoms with Crippen molar-refractivity contribution in [3.8, 4) is 0 Å². The Balaban J connectivity index is 2.14. The van der Waals surface area contributed by atoms with Crippen molar-refractivity contribution < 1.29 is 9.50 Å². The van der Waals surface area contributed by atoms with Crippen molar-refractivity contribution in [3.63, 3.8) is 0 Å². The Morgan fingerprint density at radius 3 is 2.75 bits per heavy atom. The van der Waals surface area contributed by atoms with Gasteiger partial charge in [0.1, 0.15) is 11.7 Å². The Morgan fingerprint density at radius 2 is 2.20 bits per heavy atom. The van der Waals surface area contributed by atoms with Gasteiger partial charge in [0.25, 0.3) is 0 Å². The van der Waals surface area contributed by atoms with Gasteiger partial charge in [-0.05, 0) is 37.0 Å². The standard InChI is InChI=1S/C15H22FN3O/c16-12-6-5-11(14(9-12)15(17)18)10-19(7-2-8-20)13-3-1-4-13/h5-6,9,13,20H,1-4,7-8,10H2,(H3,17,18). The molecule has 4 nitrogen and oxygen atoms in total. The zero-order valence-corrected chi connectivity index (χ0v) is 11.6. The molecule has 0 radical (unpaired) electrons. The first-order valence-corrected chi connectivity index (χ1v) is 7.09. The molecule has 1 aliphatic carbocycles. The molecule has 0 heterocycles. The van der Waals surface area contributed by atoms with Gasteiger partial charge >= 0.3 is 0 Å². The van der Waals surface area contributed by atoms with E-state index >= 15 is 0 Å². The average molecular weight is 279 g/mol. The maximum absolute atomic E-state index is 13.3. The van der Waals surface area contributed by atoms with Crippen LogP contribution in [0.1, 0.15) is 36.8 Å². The van der Waals surface area contributed by atoms with Crippen molar-refractivity contribution in [2.24, 2.45) is 5.73 Å². The van der Waals surface area contributed by atoms with Gasteiger partial charge in [-0.3, -0.25) is 10.3 Å². The molecule has 0 saturated heterocycles. The van der Waals surface area contributed by atoms with Crippen LogP contribution in [0, 0.1) is 11.2 Å². The summed E-state index contributed by atoms with van der Waals surface area (Å²) in [5.74, 6) is -0.472. The molecule has 1 fully saturated rings. The van der Waals surface area contributed by atoms with Gasteiger partial charge < -0.3 is 10.8 Å². The van der Waals surface area contributed by atoms with E-state index in [-0.39, 0.29) is 18.3 Å². The normalized spacial score (nSPS) is 15.3. The molecule has 0 aromatic heterocycles. The third kappa shape index (κ3) is 3.55. The smallest absolute Gasteiger partial charge is 0.123 e. The summed E-state index contributed by atoms with van der Waals surface area (Å²) in [6.07, 6.45) is 4.31. The average Bonchev–Trinajstić information content (AvgIpc) is 2.35. The van der Waals surface area contributed by atoms with Crippen LogP contribution in [0.4, 0.5) is 4.39 Å². The van der Waals surface area contributed by atoms with E-state index in [4.69, 9.17) is 16.2 Å². The summed E-state index contributed by atoms with van der Waals surface area (Å²) in [6.45, 7) is 1.64. The highest BCUT2D eigenvalue weighted by Crippen LogP contribution is 2.27. The molecule has 1 aromatic carbocycles. The maximum atomic E-state index is 13.3. The van der Waals surface area contributed by atoms with Gasteiger partial charge in [-0.1, -0.05) is 12.5 Å². The fraction of sp³-hybridized carbons (Fsp3) is 0.533. The molecule has 0 aliphatic heterocycles. The highest BCUT2D eigenvalue weighted by molar-refractivity contribution is 5.96. The molecule has 0 unspecified atom stereocenters. The number of nitrogens with zero attached hydrogens (tertiary/aromatic N) is 1. The lowest BCUT2D eigenvalue weighted by molar-refractivity contribution is 0.109. The summed E-state index contributed by atoms with van der Waals surface area (Å²) in [5, 5.41) is 16.6. The van der Waals surface area contributed by atoms with Crippen molar-refractivity contribution in [2.45, 2.75) is 38.3 Å². The van der Waals surface area contributed by atoms with Crippen LogP contribution in [0.2, 0.25) is 0 Å². The summed E-state index contributed by atoms with van der Waals surface area (Å²) in [5.41, 5.74) is 6.89. The van der Waals surface area contributed by atoms with E-state index in [0.29, 0.717) is 18.2 Å². The minimum atomic E-state index is -0.371. The molecule has 4 N–H and O–H groups in total. The van der Waals surface area contributed by atoms with Crippen LogP contribution in [0.3, 0.4) is 0 Å². The minimum Gasteiger partial charge on any atom is -0.396 e. The summed E-state index contributed by atoms with van der Waals surface area (Å²) in [7, 11) is 0. The second kappa shape index (κ2) is 6.81. The number of hydrogen-bond donors (Lipinski definition) is 3. The lowest BCUT2D eigenvalue weighted by Gasteiger charge is -2.38. The fourth-order valence-electron chi connectivity index (χ4n) is 2.57. The van der Waals surface area contributed by atoms with Gasteiger partial charge in [-0.15, -0.1) is 0 Å². The summed E-state index contributed by atoms with van der Waals surface area (Å²) in [6, 6.07) is 4.97. The lowest BCUT2D eigenvalue weighted by Crippen LogP contribution is -2.40. The summed E-state index contributed by atoms with van der Waals surface area (Å²) >= 11 is 0. The molecule has 0 bridgehead atoms. The molecule has 2 rings (SSSR count). The Hall–Kier alpha value is -1.46. The first-order chi connectivity index (χ1) is 9.61. The van der Waals surface area contributed by atoms with Crippen molar-refractivity contribution in [1.82, 2.24) is 4.90 Å². The van der Waals surface area contributed by atoms with Gasteiger partial charge in [0.15, 0.2) is 0 Å². The number of aliphatic hydroxyl groups is 1. The van der Waals surface area contributed by atoms with E-state index < -0.39 is 0 Å². The highest BCUT2D eigenvalue weighted by atomic mass is 19.1. The first-order valence-electron chi connectivity index (χ1n) is 7.09. The summed E-state index contributed by atoms with van der Waals surface area (Å²) < 4.78 is 13.3. The number of halogens is 1. The van der Waals surface area contributed by atoms with Gasteiger partial charge in [-0.2, -0.15) is 0 Å². The van der Waals surface area contributed by atoms with Crippen LogP contribution in [0.25, 0.3) is 0 Å². The van der Waals surface area contributed by atoms with Crippen molar-refractivity contribution >= 4 is 5.84 Å². The molecule has 110 valence electrons. The zero-order chi connectivity index (χ0) is 14.5. The molecule has 1 saturated carbocycles. The maximum Gasteiger partial charge on any atom is 0.123 e. The molecule has 20 heavy (non-hydrogen) atoms. The van der Waals surface area contributed by atoms with Crippen LogP contribution in [-0.4, -0.2) is 35.0 Å². The van der Waals surface area contributed by atoms with Gasteiger partial charge in [0.05, 0.1) is 0 Å². The molecule has 1 aliphatic rings. The number of rotatable bonds is 7. The largest absolute Gasteiger partial charge is 0.396 e. The highest BCUT2D eigenvalue weighted by Gasteiger charge is 2.25. The topological polar surface area (TPSA) is 73.3 Å². The molecule has 5 heteroatoms. The number of benzene rings is 1. The second-order valence-electron chi connectivity index (χ2n) is 5.35. The Kier molecular flexibility index (Phi) is 5.09.